The first-order valence-electron chi connectivity index (χ1n) is 8.55. The summed E-state index contributed by atoms with van der Waals surface area (Å²) in [5, 5.41) is 17.0. The normalized spacial score (nSPS) is 10.9. The lowest BCUT2D eigenvalue weighted by atomic mass is 10.1. The number of hydrogen-bond acceptors (Lipinski definition) is 7. The van der Waals surface area contributed by atoms with E-state index in [1.54, 1.807) is 32.3 Å². The molecule has 0 aliphatic carbocycles. The minimum Gasteiger partial charge on any atom is -0.403 e. The number of anilines is 3. The van der Waals surface area contributed by atoms with Crippen LogP contribution in [0.5, 0.6) is 0 Å². The third kappa shape index (κ3) is 4.23. The zero-order valence-electron chi connectivity index (χ0n) is 15.6. The molecule has 0 fully saturated rings. The second kappa shape index (κ2) is 8.53. The fraction of sp³-hybridized carbons (Fsp3) is 0.278. The molecule has 0 radical (unpaired) electrons. The quantitative estimate of drug-likeness (QED) is 0.476. The topological polar surface area (TPSA) is 97.0 Å². The minimum absolute atomic E-state index is 0.212. The molecule has 28 heavy (non-hydrogen) atoms. The molecule has 0 bridgehead atoms. The molecule has 0 atom stereocenters. The summed E-state index contributed by atoms with van der Waals surface area (Å²) in [4.78, 5) is 12.4. The van der Waals surface area contributed by atoms with Crippen LogP contribution in [-0.4, -0.2) is 34.9 Å². The van der Waals surface area contributed by atoms with E-state index in [1.807, 2.05) is 7.05 Å². The van der Waals surface area contributed by atoms with E-state index in [9.17, 15) is 9.18 Å². The van der Waals surface area contributed by atoms with E-state index >= 15 is 0 Å². The molecule has 0 saturated heterocycles. The number of nitrogens with one attached hydrogen (secondary N) is 3. The highest BCUT2D eigenvalue weighted by molar-refractivity contribution is 9.10. The van der Waals surface area contributed by atoms with Gasteiger partial charge in [0.05, 0.1) is 16.9 Å². The zero-order valence-corrected chi connectivity index (χ0v) is 17.2. The molecule has 0 aliphatic heterocycles. The number of aryl methyl sites for hydroxylation is 1. The van der Waals surface area contributed by atoms with Crippen LogP contribution in [0.15, 0.2) is 38.1 Å². The molecule has 2 aromatic heterocycles. The Morgan fingerprint density at radius 2 is 2.07 bits per heavy atom. The predicted octanol–water partition coefficient (Wildman–Crippen LogP) is 3.02. The van der Waals surface area contributed by atoms with Gasteiger partial charge in [0.25, 0.3) is 11.4 Å². The highest BCUT2D eigenvalue weighted by Crippen LogP contribution is 2.32. The number of halogens is 2. The monoisotopic (exact) mass is 450 g/mol. The van der Waals surface area contributed by atoms with Crippen molar-refractivity contribution in [3.63, 3.8) is 0 Å². The molecule has 0 spiro atoms. The van der Waals surface area contributed by atoms with E-state index in [0.29, 0.717) is 27.8 Å². The SMILES string of the molecule is CNCCNc1nnc(-c2cn(C)c(=O)c(C)c2Nc2ccc(Br)cc2F)o1. The van der Waals surface area contributed by atoms with Crippen LogP contribution in [-0.2, 0) is 7.05 Å². The van der Waals surface area contributed by atoms with Gasteiger partial charge in [-0.3, -0.25) is 4.79 Å². The van der Waals surface area contributed by atoms with Crippen molar-refractivity contribution >= 4 is 33.3 Å². The maximum absolute atomic E-state index is 14.3. The van der Waals surface area contributed by atoms with Crippen LogP contribution >= 0.6 is 15.9 Å². The van der Waals surface area contributed by atoms with Gasteiger partial charge in [0, 0.05) is 36.4 Å². The van der Waals surface area contributed by atoms with Crippen LogP contribution in [0, 0.1) is 12.7 Å². The Balaban J connectivity index is 2.02. The van der Waals surface area contributed by atoms with Crippen LogP contribution in [0.25, 0.3) is 11.5 Å². The third-order valence-corrected chi connectivity index (χ3v) is 4.60. The molecule has 2 heterocycles. The highest BCUT2D eigenvalue weighted by atomic mass is 79.9. The molecule has 0 saturated carbocycles. The second-order valence-corrected chi connectivity index (χ2v) is 7.07. The molecule has 0 unspecified atom stereocenters. The van der Waals surface area contributed by atoms with E-state index < -0.39 is 5.82 Å². The first kappa shape index (κ1) is 20.0. The summed E-state index contributed by atoms with van der Waals surface area (Å²) in [6, 6.07) is 4.89. The maximum atomic E-state index is 14.3. The lowest BCUT2D eigenvalue weighted by Gasteiger charge is -2.15. The van der Waals surface area contributed by atoms with E-state index in [-0.39, 0.29) is 23.2 Å². The molecule has 3 aromatic rings. The predicted molar refractivity (Wildman–Crippen MR) is 110 cm³/mol. The van der Waals surface area contributed by atoms with Crippen molar-refractivity contribution in [3.05, 3.63) is 50.6 Å². The number of likely N-dealkylation sites (N-methyl/N-ethyl adjacent to an activating group) is 1. The summed E-state index contributed by atoms with van der Waals surface area (Å²) in [7, 11) is 3.47. The van der Waals surface area contributed by atoms with E-state index in [4.69, 9.17) is 4.42 Å². The summed E-state index contributed by atoms with van der Waals surface area (Å²) in [5.74, 6) is -0.244. The van der Waals surface area contributed by atoms with Gasteiger partial charge in [-0.05, 0) is 32.2 Å². The van der Waals surface area contributed by atoms with Crippen LogP contribution < -0.4 is 21.5 Å². The number of aromatic nitrogens is 3. The molecule has 1 aromatic carbocycles. The number of nitrogens with zero attached hydrogens (tertiary/aromatic N) is 3. The lowest BCUT2D eigenvalue weighted by Crippen LogP contribution is -2.21. The van der Waals surface area contributed by atoms with Crippen molar-refractivity contribution < 1.29 is 8.81 Å². The van der Waals surface area contributed by atoms with Crippen LogP contribution in [0.4, 0.5) is 21.8 Å². The number of pyridine rings is 1. The van der Waals surface area contributed by atoms with Crippen molar-refractivity contribution in [2.24, 2.45) is 7.05 Å². The molecule has 8 nitrogen and oxygen atoms in total. The van der Waals surface area contributed by atoms with Crippen molar-refractivity contribution in [3.8, 4) is 11.5 Å². The van der Waals surface area contributed by atoms with Gasteiger partial charge in [0.15, 0.2) is 0 Å². The van der Waals surface area contributed by atoms with Crippen LogP contribution in [0.1, 0.15) is 5.56 Å². The molecule has 10 heteroatoms. The Bertz CT molecular complexity index is 1050. The molecule has 3 rings (SSSR count). The van der Waals surface area contributed by atoms with Crippen LogP contribution in [0.2, 0.25) is 0 Å². The van der Waals surface area contributed by atoms with Crippen molar-refractivity contribution in [1.82, 2.24) is 20.1 Å². The summed E-state index contributed by atoms with van der Waals surface area (Å²) in [6.07, 6.45) is 1.58. The van der Waals surface area contributed by atoms with E-state index in [0.717, 1.165) is 6.54 Å². The van der Waals surface area contributed by atoms with E-state index in [2.05, 4.69) is 42.1 Å². The van der Waals surface area contributed by atoms with Crippen LogP contribution in [0.3, 0.4) is 0 Å². The van der Waals surface area contributed by atoms with Gasteiger partial charge in [-0.1, -0.05) is 21.0 Å². The number of rotatable bonds is 7. The van der Waals surface area contributed by atoms with Crippen molar-refractivity contribution in [2.75, 3.05) is 30.8 Å². The fourth-order valence-electron chi connectivity index (χ4n) is 2.64. The van der Waals surface area contributed by atoms with Crippen molar-refractivity contribution in [1.29, 1.82) is 0 Å². The summed E-state index contributed by atoms with van der Waals surface area (Å²) in [6.45, 7) is 3.00. The van der Waals surface area contributed by atoms with Gasteiger partial charge in [-0.2, -0.15) is 0 Å². The van der Waals surface area contributed by atoms with Gasteiger partial charge in [0.1, 0.15) is 5.82 Å². The van der Waals surface area contributed by atoms with Gasteiger partial charge in [0.2, 0.25) is 0 Å². The Hall–Kier alpha value is -2.72. The minimum atomic E-state index is -0.458. The molecule has 3 N–H and O–H groups in total. The number of benzene rings is 1. The first-order valence-corrected chi connectivity index (χ1v) is 9.34. The summed E-state index contributed by atoms with van der Waals surface area (Å²) >= 11 is 3.23. The van der Waals surface area contributed by atoms with E-state index in [1.165, 1.54) is 10.6 Å². The maximum Gasteiger partial charge on any atom is 0.315 e. The van der Waals surface area contributed by atoms with Crippen molar-refractivity contribution in [2.45, 2.75) is 6.92 Å². The van der Waals surface area contributed by atoms with Gasteiger partial charge in [-0.15, -0.1) is 5.10 Å². The fourth-order valence-corrected chi connectivity index (χ4v) is 2.97. The third-order valence-electron chi connectivity index (χ3n) is 4.11. The molecular weight excluding hydrogens is 431 g/mol. The molecule has 0 amide bonds. The van der Waals surface area contributed by atoms with Gasteiger partial charge >= 0.3 is 6.01 Å². The molecule has 148 valence electrons. The Morgan fingerprint density at radius 1 is 1.29 bits per heavy atom. The molecule has 0 aliphatic rings. The van der Waals surface area contributed by atoms with Gasteiger partial charge < -0.3 is 24.9 Å². The Morgan fingerprint density at radius 3 is 2.79 bits per heavy atom. The number of hydrogen-bond donors (Lipinski definition) is 3. The average Bonchev–Trinajstić information content (AvgIpc) is 3.12. The molecular formula is C18H20BrFN6O2. The summed E-state index contributed by atoms with van der Waals surface area (Å²) < 4.78 is 22.0. The second-order valence-electron chi connectivity index (χ2n) is 6.15. The largest absolute Gasteiger partial charge is 0.403 e. The Kier molecular flexibility index (Phi) is 6.10. The zero-order chi connectivity index (χ0) is 20.3. The highest BCUT2D eigenvalue weighted by Gasteiger charge is 2.19. The van der Waals surface area contributed by atoms with Gasteiger partial charge in [-0.25, -0.2) is 4.39 Å². The average molecular weight is 451 g/mol. The smallest absolute Gasteiger partial charge is 0.315 e. The first-order chi connectivity index (χ1) is 13.4. The lowest BCUT2D eigenvalue weighted by molar-refractivity contribution is 0.579. The summed E-state index contributed by atoms with van der Waals surface area (Å²) in [5.41, 5.74) is 1.33. The Labute approximate surface area is 169 Å². The standard InChI is InChI=1S/C18H20BrFN6O2/c1-10-15(23-14-5-4-11(19)8-13(14)20)12(9-26(3)17(10)27)16-24-25-18(28-16)22-7-6-21-2/h4-5,8-9,21,23H,6-7H2,1-3H3,(H,22,25).